The Hall–Kier alpha value is -1.36. The summed E-state index contributed by atoms with van der Waals surface area (Å²) in [7, 11) is 0. The number of ether oxygens (including phenoxy) is 1. The van der Waals surface area contributed by atoms with Crippen molar-refractivity contribution in [1.82, 2.24) is 0 Å². The van der Waals surface area contributed by atoms with Gasteiger partial charge < -0.3 is 10.1 Å². The number of fused-ring (bicyclic) bond motifs is 1. The second-order valence-corrected chi connectivity index (χ2v) is 12.1. The highest BCUT2D eigenvalue weighted by atomic mass is 32.1. The summed E-state index contributed by atoms with van der Waals surface area (Å²) in [4.78, 5) is 27.8. The van der Waals surface area contributed by atoms with Gasteiger partial charge >= 0.3 is 5.97 Å². The highest BCUT2D eigenvalue weighted by Crippen LogP contribution is 2.69. The zero-order valence-electron chi connectivity index (χ0n) is 18.0. The summed E-state index contributed by atoms with van der Waals surface area (Å²) in [6, 6.07) is 0. The molecule has 5 aliphatic rings. The lowest BCUT2D eigenvalue weighted by Crippen LogP contribution is -2.58. The Morgan fingerprint density at radius 2 is 1.76 bits per heavy atom. The van der Waals surface area contributed by atoms with Gasteiger partial charge in [0.1, 0.15) is 5.00 Å². The van der Waals surface area contributed by atoms with Crippen LogP contribution in [-0.2, 0) is 22.4 Å². The molecule has 5 heteroatoms. The second-order valence-electron chi connectivity index (χ2n) is 11.0. The molecule has 4 bridgehead atoms. The third-order valence-electron chi connectivity index (χ3n) is 7.99. The molecule has 4 nitrogen and oxygen atoms in total. The van der Waals surface area contributed by atoms with Gasteiger partial charge in [-0.1, -0.05) is 13.8 Å². The number of nitrogens with one attached hydrogen (secondary N) is 1. The summed E-state index contributed by atoms with van der Waals surface area (Å²) >= 11 is 1.61. The van der Waals surface area contributed by atoms with E-state index >= 15 is 0 Å². The van der Waals surface area contributed by atoms with Gasteiger partial charge in [-0.3, -0.25) is 4.79 Å². The average molecular weight is 416 g/mol. The van der Waals surface area contributed by atoms with E-state index in [0.717, 1.165) is 55.5 Å². The highest BCUT2D eigenvalue weighted by Gasteiger charge is 2.62. The molecule has 1 aromatic heterocycles. The van der Waals surface area contributed by atoms with E-state index in [9.17, 15) is 9.59 Å². The van der Waals surface area contributed by atoms with Crippen LogP contribution in [-0.4, -0.2) is 18.5 Å². The van der Waals surface area contributed by atoms with Crippen molar-refractivity contribution in [3.8, 4) is 0 Å². The van der Waals surface area contributed by atoms with Crippen LogP contribution in [0.25, 0.3) is 0 Å². The van der Waals surface area contributed by atoms with Crippen molar-refractivity contribution in [3.05, 3.63) is 16.0 Å². The zero-order chi connectivity index (χ0) is 20.4. The first-order valence-corrected chi connectivity index (χ1v) is 12.2. The number of hydrogen-bond donors (Lipinski definition) is 1. The molecule has 0 aliphatic heterocycles. The molecule has 1 aromatic rings. The number of rotatable bonds is 4. The Bertz CT molecular complexity index is 854. The number of carbonyl (C=O) groups is 2. The first kappa shape index (κ1) is 19.6. The number of amides is 1. The number of esters is 1. The molecule has 6 rings (SSSR count). The molecule has 158 valence electrons. The summed E-state index contributed by atoms with van der Waals surface area (Å²) < 4.78 is 5.37. The summed E-state index contributed by atoms with van der Waals surface area (Å²) in [5, 5.41) is 4.02. The van der Waals surface area contributed by atoms with Crippen molar-refractivity contribution in [1.29, 1.82) is 0 Å². The number of carbonyl (C=O) groups excluding carboxylic acids is 2. The smallest absolute Gasteiger partial charge is 0.341 e. The van der Waals surface area contributed by atoms with Crippen molar-refractivity contribution in [2.24, 2.45) is 22.2 Å². The van der Waals surface area contributed by atoms with E-state index < -0.39 is 0 Å². The minimum Gasteiger partial charge on any atom is -0.462 e. The molecular formula is C24H33NO3S. The monoisotopic (exact) mass is 415 g/mol. The molecular weight excluding hydrogens is 382 g/mol. The largest absolute Gasteiger partial charge is 0.462 e. The Morgan fingerprint density at radius 1 is 1.07 bits per heavy atom. The molecule has 1 amide bonds. The number of anilines is 1. The Morgan fingerprint density at radius 3 is 2.41 bits per heavy atom. The quantitative estimate of drug-likeness (QED) is 0.638. The number of hydrogen-bond acceptors (Lipinski definition) is 4. The SMILES string of the molecule is CCOC(=O)c1c(NC(=O)C23CC4CC(C)(CC(C)(C4)C2)C3)sc2c1CCCC2. The Balaban J connectivity index is 1.47. The van der Waals surface area contributed by atoms with Crippen LogP contribution in [0.1, 0.15) is 92.9 Å². The van der Waals surface area contributed by atoms with E-state index in [2.05, 4.69) is 19.2 Å². The van der Waals surface area contributed by atoms with Crippen LogP contribution in [0.3, 0.4) is 0 Å². The second kappa shape index (κ2) is 6.57. The standard InChI is InChI=1S/C24H33NO3S/c1-4-28-20(26)18-16-7-5-6-8-17(16)29-19(18)25-21(27)24-11-15-9-22(2,13-24)12-23(3,10-15)14-24/h15H,4-14H2,1-3H3,(H,25,27). The number of thiophene rings is 1. The molecule has 1 N–H and O–H groups in total. The van der Waals surface area contributed by atoms with E-state index in [4.69, 9.17) is 4.74 Å². The highest BCUT2D eigenvalue weighted by molar-refractivity contribution is 7.17. The molecule has 2 atom stereocenters. The predicted octanol–water partition coefficient (Wildman–Crippen LogP) is 5.74. The summed E-state index contributed by atoms with van der Waals surface area (Å²) in [5.74, 6) is 0.558. The maximum absolute atomic E-state index is 13.7. The lowest BCUT2D eigenvalue weighted by Gasteiger charge is -2.64. The molecule has 2 unspecified atom stereocenters. The van der Waals surface area contributed by atoms with Crippen molar-refractivity contribution >= 4 is 28.2 Å². The molecule has 0 radical (unpaired) electrons. The van der Waals surface area contributed by atoms with Crippen LogP contribution in [0.5, 0.6) is 0 Å². The predicted molar refractivity (Wildman–Crippen MR) is 115 cm³/mol. The fourth-order valence-corrected chi connectivity index (χ4v) is 9.28. The van der Waals surface area contributed by atoms with Crippen LogP contribution < -0.4 is 5.32 Å². The topological polar surface area (TPSA) is 55.4 Å². The van der Waals surface area contributed by atoms with E-state index in [0.29, 0.717) is 28.9 Å². The van der Waals surface area contributed by atoms with E-state index in [1.165, 1.54) is 24.1 Å². The van der Waals surface area contributed by atoms with E-state index in [1.807, 2.05) is 6.92 Å². The van der Waals surface area contributed by atoms with E-state index in [-0.39, 0.29) is 17.3 Å². The van der Waals surface area contributed by atoms with Gasteiger partial charge in [0.15, 0.2) is 0 Å². The van der Waals surface area contributed by atoms with Crippen LogP contribution >= 0.6 is 11.3 Å². The van der Waals surface area contributed by atoms with Gasteiger partial charge in [0.25, 0.3) is 0 Å². The molecule has 0 spiro atoms. The zero-order valence-corrected chi connectivity index (χ0v) is 18.8. The van der Waals surface area contributed by atoms with Gasteiger partial charge in [0, 0.05) is 4.88 Å². The fourth-order valence-electron chi connectivity index (χ4n) is 8.01. The summed E-state index contributed by atoms with van der Waals surface area (Å²) in [6.07, 6.45) is 11.0. The van der Waals surface area contributed by atoms with Gasteiger partial charge in [-0.2, -0.15) is 0 Å². The third kappa shape index (κ3) is 3.15. The van der Waals surface area contributed by atoms with Crippen LogP contribution in [0.2, 0.25) is 0 Å². The minimum absolute atomic E-state index is 0.156. The lowest BCUT2D eigenvalue weighted by atomic mass is 9.40. The lowest BCUT2D eigenvalue weighted by molar-refractivity contribution is -0.165. The maximum Gasteiger partial charge on any atom is 0.341 e. The van der Waals surface area contributed by atoms with Gasteiger partial charge in [-0.25, -0.2) is 4.79 Å². The molecule has 29 heavy (non-hydrogen) atoms. The van der Waals surface area contributed by atoms with Crippen LogP contribution in [0.4, 0.5) is 5.00 Å². The Kier molecular flexibility index (Phi) is 4.44. The molecule has 0 saturated heterocycles. The van der Waals surface area contributed by atoms with Gasteiger partial charge in [0.2, 0.25) is 5.91 Å². The molecule has 4 saturated carbocycles. The molecule has 4 fully saturated rings. The van der Waals surface area contributed by atoms with Gasteiger partial charge in [-0.15, -0.1) is 11.3 Å². The van der Waals surface area contributed by atoms with Crippen LogP contribution in [0.15, 0.2) is 0 Å². The van der Waals surface area contributed by atoms with Crippen molar-refractivity contribution < 1.29 is 14.3 Å². The van der Waals surface area contributed by atoms with Gasteiger partial charge in [-0.05, 0) is 93.4 Å². The Labute approximate surface area is 177 Å². The molecule has 5 aliphatic carbocycles. The first-order chi connectivity index (χ1) is 13.7. The normalized spacial score (nSPS) is 37.3. The fraction of sp³-hybridized carbons (Fsp3) is 0.750. The third-order valence-corrected chi connectivity index (χ3v) is 9.19. The average Bonchev–Trinajstić information content (AvgIpc) is 2.96. The minimum atomic E-state index is -0.272. The van der Waals surface area contributed by atoms with Crippen molar-refractivity contribution in [2.45, 2.75) is 85.0 Å². The number of aryl methyl sites for hydroxylation is 1. The van der Waals surface area contributed by atoms with Gasteiger partial charge in [0.05, 0.1) is 17.6 Å². The van der Waals surface area contributed by atoms with Crippen LogP contribution in [0, 0.1) is 22.2 Å². The molecule has 0 aromatic carbocycles. The first-order valence-electron chi connectivity index (χ1n) is 11.4. The van der Waals surface area contributed by atoms with E-state index in [1.54, 1.807) is 11.3 Å². The molecule has 1 heterocycles. The summed E-state index contributed by atoms with van der Waals surface area (Å²) in [5.41, 5.74) is 2.09. The van der Waals surface area contributed by atoms with Crippen molar-refractivity contribution in [3.63, 3.8) is 0 Å². The summed E-state index contributed by atoms with van der Waals surface area (Å²) in [6.45, 7) is 6.99. The maximum atomic E-state index is 13.7. The van der Waals surface area contributed by atoms with Crippen molar-refractivity contribution in [2.75, 3.05) is 11.9 Å².